The van der Waals surface area contributed by atoms with Crippen LogP contribution in [0.25, 0.3) is 0 Å². The lowest BCUT2D eigenvalue weighted by molar-refractivity contribution is -0.141. The third kappa shape index (κ3) is 2.58. The number of hydrogen-bond donors (Lipinski definition) is 1. The first-order chi connectivity index (χ1) is 8.34. The predicted octanol–water partition coefficient (Wildman–Crippen LogP) is 2.45. The average molecular weight is 260 g/mol. The second kappa shape index (κ2) is 4.42. The zero-order valence-corrected chi connectivity index (χ0v) is 10.0. The summed E-state index contributed by atoms with van der Waals surface area (Å²) in [4.78, 5) is 5.31. The van der Waals surface area contributed by atoms with Crippen molar-refractivity contribution in [3.63, 3.8) is 0 Å². The predicted molar refractivity (Wildman–Crippen MR) is 61.3 cm³/mol. The molecule has 1 fully saturated rings. The summed E-state index contributed by atoms with van der Waals surface area (Å²) >= 11 is 0. The molecular weight excluding hydrogens is 245 g/mol. The third-order valence-corrected chi connectivity index (χ3v) is 3.34. The molecule has 1 atom stereocenters. The second-order valence-electron chi connectivity index (χ2n) is 4.63. The van der Waals surface area contributed by atoms with E-state index >= 15 is 0 Å². The molecule has 1 aliphatic rings. The van der Waals surface area contributed by atoms with E-state index in [1.165, 1.54) is 12.1 Å². The van der Waals surface area contributed by atoms with Gasteiger partial charge in [-0.25, -0.2) is 4.98 Å². The topological polar surface area (TPSA) is 36.4 Å². The summed E-state index contributed by atoms with van der Waals surface area (Å²) in [6, 6.07) is 3.83. The van der Waals surface area contributed by atoms with Gasteiger partial charge >= 0.3 is 6.18 Å². The number of aliphatic hydroxyl groups is 1. The first-order valence-electron chi connectivity index (χ1n) is 5.86. The van der Waals surface area contributed by atoms with E-state index in [0.717, 1.165) is 6.07 Å². The van der Waals surface area contributed by atoms with Crippen molar-refractivity contribution in [3.8, 4) is 0 Å². The summed E-state index contributed by atoms with van der Waals surface area (Å²) in [5.41, 5.74) is -1.71. The van der Waals surface area contributed by atoms with Crippen molar-refractivity contribution in [1.82, 2.24) is 4.98 Å². The van der Waals surface area contributed by atoms with Gasteiger partial charge in [-0.15, -0.1) is 0 Å². The minimum absolute atomic E-state index is 0.272. The Morgan fingerprint density at radius 1 is 1.44 bits per heavy atom. The molecule has 18 heavy (non-hydrogen) atoms. The molecule has 0 amide bonds. The van der Waals surface area contributed by atoms with Gasteiger partial charge in [0.1, 0.15) is 11.5 Å². The highest BCUT2D eigenvalue weighted by atomic mass is 19.4. The van der Waals surface area contributed by atoms with Gasteiger partial charge in [0.15, 0.2) is 0 Å². The van der Waals surface area contributed by atoms with Crippen molar-refractivity contribution in [2.24, 2.45) is 0 Å². The maximum absolute atomic E-state index is 12.5. The third-order valence-electron chi connectivity index (χ3n) is 3.34. The van der Waals surface area contributed by atoms with Crippen molar-refractivity contribution in [1.29, 1.82) is 0 Å². The highest BCUT2D eigenvalue weighted by Crippen LogP contribution is 2.31. The fraction of sp³-hybridized carbons (Fsp3) is 0.583. The molecule has 0 aliphatic carbocycles. The Bertz CT molecular complexity index is 436. The Hall–Kier alpha value is -1.30. The number of pyridine rings is 1. The largest absolute Gasteiger partial charge is 0.433 e. The van der Waals surface area contributed by atoms with Crippen molar-refractivity contribution in [2.75, 3.05) is 18.0 Å². The molecule has 6 heteroatoms. The molecule has 0 aromatic carbocycles. The summed E-state index contributed by atoms with van der Waals surface area (Å²) in [7, 11) is 0. The summed E-state index contributed by atoms with van der Waals surface area (Å²) in [6.07, 6.45) is -3.29. The molecule has 1 aromatic heterocycles. The Balaban J connectivity index is 2.21. The van der Waals surface area contributed by atoms with E-state index < -0.39 is 17.5 Å². The number of halogens is 3. The second-order valence-corrected chi connectivity index (χ2v) is 4.63. The Morgan fingerprint density at radius 3 is 2.72 bits per heavy atom. The van der Waals surface area contributed by atoms with Gasteiger partial charge < -0.3 is 10.0 Å². The highest BCUT2D eigenvalue weighted by molar-refractivity contribution is 5.42. The van der Waals surface area contributed by atoms with Crippen LogP contribution in [0, 0.1) is 0 Å². The minimum atomic E-state index is -4.43. The van der Waals surface area contributed by atoms with Gasteiger partial charge in [0.25, 0.3) is 0 Å². The summed E-state index contributed by atoms with van der Waals surface area (Å²) in [5, 5.41) is 10.1. The van der Waals surface area contributed by atoms with Crippen LogP contribution in [0.3, 0.4) is 0 Å². The van der Waals surface area contributed by atoms with Crippen LogP contribution in [-0.2, 0) is 6.18 Å². The maximum atomic E-state index is 12.5. The Morgan fingerprint density at radius 2 is 2.17 bits per heavy atom. The molecule has 0 spiro atoms. The number of aromatic nitrogens is 1. The molecule has 1 unspecified atom stereocenters. The molecule has 0 radical (unpaired) electrons. The Labute approximate surface area is 103 Å². The number of β-amino-alcohol motifs (C(OH)–C–C–N with tert-alkyl or cyclic N) is 1. The highest BCUT2D eigenvalue weighted by Gasteiger charge is 2.36. The number of rotatable bonds is 2. The van der Waals surface area contributed by atoms with Gasteiger partial charge in [0, 0.05) is 13.1 Å². The summed E-state index contributed by atoms with van der Waals surface area (Å²) in [6.45, 7) is 2.72. The van der Waals surface area contributed by atoms with Gasteiger partial charge in [-0.05, 0) is 25.0 Å². The number of anilines is 1. The fourth-order valence-corrected chi connectivity index (χ4v) is 2.10. The molecule has 0 bridgehead atoms. The minimum Gasteiger partial charge on any atom is -0.388 e. The Kier molecular flexibility index (Phi) is 3.23. The van der Waals surface area contributed by atoms with E-state index in [-0.39, 0.29) is 5.82 Å². The van der Waals surface area contributed by atoms with Crippen LogP contribution in [0.1, 0.15) is 25.5 Å². The van der Waals surface area contributed by atoms with E-state index in [0.29, 0.717) is 25.9 Å². The van der Waals surface area contributed by atoms with Gasteiger partial charge in [-0.3, -0.25) is 0 Å². The molecule has 3 nitrogen and oxygen atoms in total. The normalized spacial score (nSPS) is 24.6. The van der Waals surface area contributed by atoms with Gasteiger partial charge in [0.2, 0.25) is 0 Å². The smallest absolute Gasteiger partial charge is 0.388 e. The van der Waals surface area contributed by atoms with Gasteiger partial charge in [-0.1, -0.05) is 13.0 Å². The lowest BCUT2D eigenvalue weighted by atomic mass is 10.0. The van der Waals surface area contributed by atoms with E-state index in [1.807, 2.05) is 6.92 Å². The van der Waals surface area contributed by atoms with Gasteiger partial charge in [0.05, 0.1) is 5.60 Å². The maximum Gasteiger partial charge on any atom is 0.433 e. The zero-order chi connectivity index (χ0) is 13.4. The lowest BCUT2D eigenvalue weighted by Crippen LogP contribution is -2.32. The van der Waals surface area contributed by atoms with E-state index in [9.17, 15) is 18.3 Å². The van der Waals surface area contributed by atoms with Crippen LogP contribution in [0.5, 0.6) is 0 Å². The van der Waals surface area contributed by atoms with Crippen LogP contribution >= 0.6 is 0 Å². The van der Waals surface area contributed by atoms with E-state index in [4.69, 9.17) is 0 Å². The monoisotopic (exact) mass is 260 g/mol. The molecule has 100 valence electrons. The van der Waals surface area contributed by atoms with Crippen molar-refractivity contribution < 1.29 is 18.3 Å². The zero-order valence-electron chi connectivity index (χ0n) is 10.0. The number of hydrogen-bond acceptors (Lipinski definition) is 3. The quantitative estimate of drug-likeness (QED) is 0.887. The lowest BCUT2D eigenvalue weighted by Gasteiger charge is -2.22. The summed E-state index contributed by atoms with van der Waals surface area (Å²) < 4.78 is 37.6. The molecule has 0 saturated carbocycles. The number of nitrogens with zero attached hydrogens (tertiary/aromatic N) is 2. The molecule has 2 rings (SSSR count). The van der Waals surface area contributed by atoms with Gasteiger partial charge in [-0.2, -0.15) is 13.2 Å². The summed E-state index contributed by atoms with van der Waals surface area (Å²) in [5.74, 6) is 0.272. The molecule has 1 saturated heterocycles. The van der Waals surface area contributed by atoms with Crippen molar-refractivity contribution in [3.05, 3.63) is 23.9 Å². The SMILES string of the molecule is CCC1(O)CCN(c2cccc(C(F)(F)F)n2)C1. The molecule has 1 N–H and O–H groups in total. The number of alkyl halides is 3. The van der Waals surface area contributed by atoms with Crippen LogP contribution in [-0.4, -0.2) is 28.8 Å². The van der Waals surface area contributed by atoms with Crippen LogP contribution in [0.2, 0.25) is 0 Å². The van der Waals surface area contributed by atoms with Crippen LogP contribution < -0.4 is 4.90 Å². The van der Waals surface area contributed by atoms with E-state index in [2.05, 4.69) is 4.98 Å². The standard InChI is InChI=1S/C12H15F3N2O/c1-2-11(18)6-7-17(8-11)10-5-3-4-9(16-10)12(13,14)15/h3-5,18H,2,6-8H2,1H3. The molecule has 1 aromatic rings. The van der Waals surface area contributed by atoms with Crippen LogP contribution in [0.15, 0.2) is 18.2 Å². The van der Waals surface area contributed by atoms with Crippen molar-refractivity contribution in [2.45, 2.75) is 31.5 Å². The van der Waals surface area contributed by atoms with Crippen LogP contribution in [0.4, 0.5) is 19.0 Å². The first kappa shape index (κ1) is 13.1. The molecule has 1 aliphatic heterocycles. The molecular formula is C12H15F3N2O. The first-order valence-corrected chi connectivity index (χ1v) is 5.86. The van der Waals surface area contributed by atoms with Crippen molar-refractivity contribution >= 4 is 5.82 Å². The molecule has 2 heterocycles. The fourth-order valence-electron chi connectivity index (χ4n) is 2.10. The average Bonchev–Trinajstić information content (AvgIpc) is 2.72. The van der Waals surface area contributed by atoms with E-state index in [1.54, 1.807) is 4.90 Å².